The molecule has 0 spiro atoms. The van der Waals surface area contributed by atoms with Gasteiger partial charge in [-0.25, -0.2) is 0 Å². The number of hydrogen-bond donors (Lipinski definition) is 2. The maximum Gasteiger partial charge on any atom is 0.273 e. The summed E-state index contributed by atoms with van der Waals surface area (Å²) in [6.45, 7) is 5.40. The molecule has 0 saturated heterocycles. The minimum absolute atomic E-state index is 0.0190. The molecule has 21 heavy (non-hydrogen) atoms. The highest BCUT2D eigenvalue weighted by Crippen LogP contribution is 2.25. The molecule has 0 atom stereocenters. The number of rotatable bonds is 9. The summed E-state index contributed by atoms with van der Waals surface area (Å²) in [5, 5.41) is 23.7. The Morgan fingerprint density at radius 2 is 2.00 bits per heavy atom. The van der Waals surface area contributed by atoms with Crippen molar-refractivity contribution >= 4 is 5.69 Å². The van der Waals surface area contributed by atoms with Crippen molar-refractivity contribution in [3.8, 4) is 5.75 Å². The van der Waals surface area contributed by atoms with E-state index in [4.69, 9.17) is 4.74 Å². The van der Waals surface area contributed by atoms with Crippen LogP contribution in [0.4, 0.5) is 5.69 Å². The Morgan fingerprint density at radius 3 is 2.48 bits per heavy atom. The van der Waals surface area contributed by atoms with E-state index in [1.54, 1.807) is 6.07 Å². The number of methoxy groups -OCH3 is 1. The van der Waals surface area contributed by atoms with Crippen LogP contribution in [0.2, 0.25) is 0 Å². The molecule has 118 valence electrons. The number of aliphatic hydroxyl groups excluding tert-OH is 1. The molecule has 0 aliphatic carbocycles. The van der Waals surface area contributed by atoms with Crippen LogP contribution in [0.1, 0.15) is 32.3 Å². The molecular weight excluding hydrogens is 272 g/mol. The van der Waals surface area contributed by atoms with E-state index >= 15 is 0 Å². The van der Waals surface area contributed by atoms with Crippen LogP contribution in [0.3, 0.4) is 0 Å². The molecule has 0 aliphatic heterocycles. The number of non-ortho nitro benzene ring substituents is 1. The number of nitrogens with zero attached hydrogens (tertiary/aromatic N) is 1. The van der Waals surface area contributed by atoms with Crippen molar-refractivity contribution in [2.45, 2.75) is 33.2 Å². The molecule has 6 heteroatoms. The molecule has 0 amide bonds. The van der Waals surface area contributed by atoms with E-state index in [9.17, 15) is 15.2 Å². The van der Waals surface area contributed by atoms with E-state index in [1.165, 1.54) is 19.2 Å². The van der Waals surface area contributed by atoms with Crippen LogP contribution in [0.5, 0.6) is 5.75 Å². The molecule has 0 aliphatic rings. The maximum absolute atomic E-state index is 10.9. The molecule has 0 radical (unpaired) electrons. The molecule has 1 aromatic rings. The van der Waals surface area contributed by atoms with Gasteiger partial charge >= 0.3 is 0 Å². The quantitative estimate of drug-likeness (QED) is 0.540. The Balaban J connectivity index is 2.75. The minimum Gasteiger partial charge on any atom is -0.496 e. The lowest BCUT2D eigenvalue weighted by Gasteiger charge is -2.29. The van der Waals surface area contributed by atoms with E-state index in [0.717, 1.165) is 18.4 Å². The second-order valence-electron chi connectivity index (χ2n) is 5.27. The molecule has 1 aromatic carbocycles. The predicted molar refractivity (Wildman–Crippen MR) is 81.5 cm³/mol. The average Bonchev–Trinajstić information content (AvgIpc) is 2.51. The summed E-state index contributed by atoms with van der Waals surface area (Å²) in [5.41, 5.74) is 0.677. The standard InChI is InChI=1S/C15H24N2O4/c1-4-15(5-2,11-18)10-16-9-12-6-13(17(19)20)8-14(7-12)21-3/h6-8,16,18H,4-5,9-11H2,1-3H3. The maximum atomic E-state index is 10.9. The first-order valence-electron chi connectivity index (χ1n) is 7.14. The number of aliphatic hydroxyl groups is 1. The van der Waals surface area contributed by atoms with Crippen molar-refractivity contribution in [1.29, 1.82) is 0 Å². The molecule has 0 unspecified atom stereocenters. The number of benzene rings is 1. The van der Waals surface area contributed by atoms with Crippen molar-refractivity contribution < 1.29 is 14.8 Å². The molecule has 2 N–H and O–H groups in total. The van der Waals surface area contributed by atoms with Crippen molar-refractivity contribution in [1.82, 2.24) is 5.32 Å². The van der Waals surface area contributed by atoms with E-state index in [-0.39, 0.29) is 17.7 Å². The molecule has 0 bridgehead atoms. The zero-order chi connectivity index (χ0) is 15.9. The fourth-order valence-electron chi connectivity index (χ4n) is 2.22. The van der Waals surface area contributed by atoms with Gasteiger partial charge in [-0.15, -0.1) is 0 Å². The number of nitrogens with one attached hydrogen (secondary N) is 1. The molecule has 0 saturated carbocycles. The van der Waals surface area contributed by atoms with Gasteiger partial charge in [0.1, 0.15) is 5.75 Å². The van der Waals surface area contributed by atoms with Crippen LogP contribution < -0.4 is 10.1 Å². The zero-order valence-electron chi connectivity index (χ0n) is 12.9. The molecule has 0 heterocycles. The van der Waals surface area contributed by atoms with Gasteiger partial charge in [-0.2, -0.15) is 0 Å². The Kier molecular flexibility index (Phi) is 6.58. The lowest BCUT2D eigenvalue weighted by Crippen LogP contribution is -2.36. The lowest BCUT2D eigenvalue weighted by atomic mass is 9.83. The normalized spacial score (nSPS) is 11.4. The zero-order valence-corrected chi connectivity index (χ0v) is 12.9. The van der Waals surface area contributed by atoms with Gasteiger partial charge in [0.05, 0.1) is 18.1 Å². The molecule has 1 rings (SSSR count). The van der Waals surface area contributed by atoms with Gasteiger partial charge < -0.3 is 15.2 Å². The smallest absolute Gasteiger partial charge is 0.273 e. The second kappa shape index (κ2) is 7.95. The molecule has 0 fully saturated rings. The molecular formula is C15H24N2O4. The fraction of sp³-hybridized carbons (Fsp3) is 0.600. The van der Waals surface area contributed by atoms with Crippen LogP contribution in [-0.4, -0.2) is 30.3 Å². The first-order valence-corrected chi connectivity index (χ1v) is 7.14. The number of ether oxygens (including phenoxy) is 1. The van der Waals surface area contributed by atoms with E-state index in [1.807, 2.05) is 0 Å². The second-order valence-corrected chi connectivity index (χ2v) is 5.27. The van der Waals surface area contributed by atoms with E-state index in [0.29, 0.717) is 18.8 Å². The van der Waals surface area contributed by atoms with Crippen LogP contribution in [0.15, 0.2) is 18.2 Å². The third kappa shape index (κ3) is 4.68. The number of nitro groups is 1. The summed E-state index contributed by atoms with van der Waals surface area (Å²) in [6, 6.07) is 4.71. The largest absolute Gasteiger partial charge is 0.496 e. The van der Waals surface area contributed by atoms with Crippen molar-refractivity contribution in [2.75, 3.05) is 20.3 Å². The van der Waals surface area contributed by atoms with E-state index < -0.39 is 4.92 Å². The van der Waals surface area contributed by atoms with Crippen molar-refractivity contribution in [2.24, 2.45) is 5.41 Å². The van der Waals surface area contributed by atoms with Crippen LogP contribution >= 0.6 is 0 Å². The fourth-order valence-corrected chi connectivity index (χ4v) is 2.22. The Labute approximate surface area is 125 Å². The minimum atomic E-state index is -0.428. The SMILES string of the molecule is CCC(CC)(CO)CNCc1cc(OC)cc([N+](=O)[O-])c1. The number of hydrogen-bond acceptors (Lipinski definition) is 5. The van der Waals surface area contributed by atoms with Crippen LogP contribution in [0, 0.1) is 15.5 Å². The topological polar surface area (TPSA) is 84.6 Å². The van der Waals surface area contributed by atoms with Gasteiger partial charge in [0.2, 0.25) is 0 Å². The van der Waals surface area contributed by atoms with Crippen molar-refractivity contribution in [3.63, 3.8) is 0 Å². The summed E-state index contributed by atoms with van der Waals surface area (Å²) in [6.07, 6.45) is 1.76. The van der Waals surface area contributed by atoms with Gasteiger partial charge in [0.25, 0.3) is 5.69 Å². The molecule has 0 aromatic heterocycles. The van der Waals surface area contributed by atoms with Gasteiger partial charge in [0.15, 0.2) is 0 Å². The van der Waals surface area contributed by atoms with Crippen LogP contribution in [0.25, 0.3) is 0 Å². The summed E-state index contributed by atoms with van der Waals surface area (Å²) in [4.78, 5) is 10.5. The van der Waals surface area contributed by atoms with Crippen LogP contribution in [-0.2, 0) is 6.54 Å². The lowest BCUT2D eigenvalue weighted by molar-refractivity contribution is -0.385. The molecule has 6 nitrogen and oxygen atoms in total. The third-order valence-corrected chi connectivity index (χ3v) is 4.06. The first-order chi connectivity index (χ1) is 10.00. The Hall–Kier alpha value is -1.66. The Bertz CT molecular complexity index is 464. The van der Waals surface area contributed by atoms with Gasteiger partial charge in [-0.05, 0) is 24.5 Å². The first kappa shape index (κ1) is 17.4. The third-order valence-electron chi connectivity index (χ3n) is 4.06. The highest BCUT2D eigenvalue weighted by molar-refractivity contribution is 5.42. The van der Waals surface area contributed by atoms with Gasteiger partial charge in [-0.3, -0.25) is 10.1 Å². The van der Waals surface area contributed by atoms with Gasteiger partial charge in [-0.1, -0.05) is 13.8 Å². The Morgan fingerprint density at radius 1 is 1.33 bits per heavy atom. The predicted octanol–water partition coefficient (Wildman–Crippen LogP) is 2.49. The summed E-state index contributed by atoms with van der Waals surface area (Å²) in [7, 11) is 1.49. The summed E-state index contributed by atoms with van der Waals surface area (Å²) < 4.78 is 5.08. The van der Waals surface area contributed by atoms with E-state index in [2.05, 4.69) is 19.2 Å². The highest BCUT2D eigenvalue weighted by atomic mass is 16.6. The summed E-state index contributed by atoms with van der Waals surface area (Å²) in [5.74, 6) is 0.473. The average molecular weight is 296 g/mol. The summed E-state index contributed by atoms with van der Waals surface area (Å²) >= 11 is 0. The van der Waals surface area contributed by atoms with Gasteiger partial charge in [0, 0.05) is 31.2 Å². The van der Waals surface area contributed by atoms with Crippen molar-refractivity contribution in [3.05, 3.63) is 33.9 Å². The number of nitro benzene ring substituents is 1. The highest BCUT2D eigenvalue weighted by Gasteiger charge is 2.24. The monoisotopic (exact) mass is 296 g/mol.